The van der Waals surface area contributed by atoms with E-state index in [1.54, 1.807) is 11.8 Å². The molecule has 2 aromatic heterocycles. The molecule has 26 heavy (non-hydrogen) atoms. The molecule has 0 bridgehead atoms. The molecule has 0 aliphatic rings. The molecule has 4 rings (SSSR count). The lowest BCUT2D eigenvalue weighted by atomic mass is 10.1. The summed E-state index contributed by atoms with van der Waals surface area (Å²) in [5, 5.41) is 1.03. The lowest BCUT2D eigenvalue weighted by Gasteiger charge is -2.12. The molecule has 0 saturated carbocycles. The van der Waals surface area contributed by atoms with Crippen LogP contribution in [0.25, 0.3) is 11.0 Å². The second-order valence-corrected chi connectivity index (χ2v) is 7.49. The number of nitrogens with zero attached hydrogens (tertiary/aromatic N) is 3. The fourth-order valence-electron chi connectivity index (χ4n) is 3.12. The molecule has 4 heteroatoms. The van der Waals surface area contributed by atoms with Gasteiger partial charge in [-0.25, -0.2) is 9.97 Å². The highest BCUT2D eigenvalue weighted by Gasteiger charge is 2.12. The zero-order valence-electron chi connectivity index (χ0n) is 15.0. The van der Waals surface area contributed by atoms with E-state index in [-0.39, 0.29) is 0 Å². The zero-order valence-corrected chi connectivity index (χ0v) is 15.8. The van der Waals surface area contributed by atoms with Gasteiger partial charge in [0.25, 0.3) is 0 Å². The van der Waals surface area contributed by atoms with Crippen LogP contribution in [0.2, 0.25) is 0 Å². The van der Waals surface area contributed by atoms with Gasteiger partial charge in [0.05, 0.1) is 21.8 Å². The minimum absolute atomic E-state index is 0.802. The molecule has 0 saturated heterocycles. The Morgan fingerprint density at radius 1 is 0.962 bits per heavy atom. The molecule has 0 radical (unpaired) electrons. The minimum Gasteiger partial charge on any atom is -0.323 e. The van der Waals surface area contributed by atoms with Gasteiger partial charge in [0, 0.05) is 12.7 Å². The molecule has 4 aromatic rings. The number of aromatic nitrogens is 3. The maximum absolute atomic E-state index is 4.89. The SMILES string of the molecule is Cc1ccc(C)c(Cn2c(CSc3ccccn3)nc3ccccc32)c1. The number of hydrogen-bond donors (Lipinski definition) is 0. The molecule has 3 nitrogen and oxygen atoms in total. The van der Waals surface area contributed by atoms with Crippen LogP contribution >= 0.6 is 11.8 Å². The molecule has 2 heterocycles. The predicted molar refractivity (Wildman–Crippen MR) is 109 cm³/mol. The second-order valence-electron chi connectivity index (χ2n) is 6.49. The average molecular weight is 359 g/mol. The zero-order chi connectivity index (χ0) is 17.9. The van der Waals surface area contributed by atoms with E-state index in [2.05, 4.69) is 59.8 Å². The fourth-order valence-corrected chi connectivity index (χ4v) is 3.93. The van der Waals surface area contributed by atoms with Crippen LogP contribution in [-0.4, -0.2) is 14.5 Å². The number of pyridine rings is 1. The van der Waals surface area contributed by atoms with E-state index in [1.165, 1.54) is 22.2 Å². The van der Waals surface area contributed by atoms with Gasteiger partial charge in [-0.05, 0) is 49.2 Å². The van der Waals surface area contributed by atoms with Crippen molar-refractivity contribution < 1.29 is 0 Å². The van der Waals surface area contributed by atoms with Crippen molar-refractivity contribution in [3.05, 3.63) is 89.4 Å². The average Bonchev–Trinajstić information content (AvgIpc) is 3.01. The Morgan fingerprint density at radius 3 is 2.65 bits per heavy atom. The van der Waals surface area contributed by atoms with Gasteiger partial charge in [0.2, 0.25) is 0 Å². The van der Waals surface area contributed by atoms with Gasteiger partial charge >= 0.3 is 0 Å². The number of thioether (sulfide) groups is 1. The van der Waals surface area contributed by atoms with Crippen molar-refractivity contribution in [1.29, 1.82) is 0 Å². The minimum atomic E-state index is 0.802. The summed E-state index contributed by atoms with van der Waals surface area (Å²) in [6, 6.07) is 21.0. The standard InChI is InChI=1S/C22H21N3S/c1-16-10-11-17(2)18(13-16)14-25-20-8-4-3-7-19(20)24-21(25)15-26-22-9-5-6-12-23-22/h3-13H,14-15H2,1-2H3. The maximum Gasteiger partial charge on any atom is 0.120 e. The molecule has 0 atom stereocenters. The van der Waals surface area contributed by atoms with Gasteiger partial charge in [-0.1, -0.05) is 53.7 Å². The van der Waals surface area contributed by atoms with E-state index in [9.17, 15) is 0 Å². The molecule has 0 fully saturated rings. The number of rotatable bonds is 5. The highest BCUT2D eigenvalue weighted by atomic mass is 32.2. The van der Waals surface area contributed by atoms with Crippen LogP contribution in [0.15, 0.2) is 71.9 Å². The monoisotopic (exact) mass is 359 g/mol. The van der Waals surface area contributed by atoms with E-state index >= 15 is 0 Å². The van der Waals surface area contributed by atoms with Crippen molar-refractivity contribution in [1.82, 2.24) is 14.5 Å². The molecule has 0 N–H and O–H groups in total. The van der Waals surface area contributed by atoms with E-state index in [4.69, 9.17) is 4.98 Å². The Labute approximate surface area is 158 Å². The number of benzene rings is 2. The highest BCUT2D eigenvalue weighted by molar-refractivity contribution is 7.98. The van der Waals surface area contributed by atoms with Crippen LogP contribution in [0.4, 0.5) is 0 Å². The molecule has 2 aromatic carbocycles. The molecule has 0 aliphatic heterocycles. The van der Waals surface area contributed by atoms with Gasteiger partial charge in [0.15, 0.2) is 0 Å². The summed E-state index contributed by atoms with van der Waals surface area (Å²) in [5.41, 5.74) is 6.19. The fraction of sp³-hybridized carbons (Fsp3) is 0.182. The number of para-hydroxylation sites is 2. The Balaban J connectivity index is 1.70. The van der Waals surface area contributed by atoms with Gasteiger partial charge in [-0.2, -0.15) is 0 Å². The summed E-state index contributed by atoms with van der Waals surface area (Å²) in [5.74, 6) is 1.89. The van der Waals surface area contributed by atoms with E-state index < -0.39 is 0 Å². The van der Waals surface area contributed by atoms with Crippen LogP contribution in [0, 0.1) is 13.8 Å². The lowest BCUT2D eigenvalue weighted by molar-refractivity contribution is 0.775. The highest BCUT2D eigenvalue weighted by Crippen LogP contribution is 2.25. The van der Waals surface area contributed by atoms with Gasteiger partial charge < -0.3 is 4.57 Å². The second kappa shape index (κ2) is 7.34. The molecule has 0 unspecified atom stereocenters. The van der Waals surface area contributed by atoms with E-state index in [1.807, 2.05) is 30.5 Å². The summed E-state index contributed by atoms with van der Waals surface area (Å²) in [6.07, 6.45) is 1.83. The van der Waals surface area contributed by atoms with Crippen molar-refractivity contribution in [3.8, 4) is 0 Å². The predicted octanol–water partition coefficient (Wildman–Crippen LogP) is 5.39. The Bertz CT molecular complexity index is 1040. The Kier molecular flexibility index (Phi) is 4.76. The summed E-state index contributed by atoms with van der Waals surface area (Å²) in [4.78, 5) is 9.30. The number of hydrogen-bond acceptors (Lipinski definition) is 3. The van der Waals surface area contributed by atoms with Crippen LogP contribution in [0.5, 0.6) is 0 Å². The van der Waals surface area contributed by atoms with Crippen molar-refractivity contribution in [2.45, 2.75) is 31.2 Å². The van der Waals surface area contributed by atoms with Crippen molar-refractivity contribution >= 4 is 22.8 Å². The summed E-state index contributed by atoms with van der Waals surface area (Å²) in [6.45, 7) is 5.16. The number of fused-ring (bicyclic) bond motifs is 1. The van der Waals surface area contributed by atoms with Crippen LogP contribution in [0.3, 0.4) is 0 Å². The summed E-state index contributed by atoms with van der Waals surface area (Å²) >= 11 is 1.73. The number of imidazole rings is 1. The van der Waals surface area contributed by atoms with Crippen LogP contribution in [0.1, 0.15) is 22.5 Å². The molecule has 0 aliphatic carbocycles. The first kappa shape index (κ1) is 16.9. The quantitative estimate of drug-likeness (QED) is 0.448. The first-order valence-corrected chi connectivity index (χ1v) is 9.73. The topological polar surface area (TPSA) is 30.7 Å². The third kappa shape index (κ3) is 3.51. The number of aryl methyl sites for hydroxylation is 2. The Hall–Kier alpha value is -2.59. The molecule has 0 spiro atoms. The van der Waals surface area contributed by atoms with Crippen molar-refractivity contribution in [2.24, 2.45) is 0 Å². The lowest BCUT2D eigenvalue weighted by Crippen LogP contribution is -2.06. The van der Waals surface area contributed by atoms with Gasteiger partial charge in [-0.3, -0.25) is 0 Å². The molecule has 130 valence electrons. The molecular formula is C22H21N3S. The normalized spacial score (nSPS) is 11.2. The van der Waals surface area contributed by atoms with E-state index in [0.717, 1.165) is 28.7 Å². The summed E-state index contributed by atoms with van der Waals surface area (Å²) in [7, 11) is 0. The summed E-state index contributed by atoms with van der Waals surface area (Å²) < 4.78 is 2.34. The van der Waals surface area contributed by atoms with Gasteiger partial charge in [0.1, 0.15) is 5.82 Å². The Morgan fingerprint density at radius 2 is 1.81 bits per heavy atom. The first-order chi connectivity index (χ1) is 12.7. The third-order valence-electron chi connectivity index (χ3n) is 4.55. The first-order valence-electron chi connectivity index (χ1n) is 8.75. The van der Waals surface area contributed by atoms with Gasteiger partial charge in [-0.15, -0.1) is 0 Å². The van der Waals surface area contributed by atoms with Crippen molar-refractivity contribution in [3.63, 3.8) is 0 Å². The molecule has 0 amide bonds. The third-order valence-corrected chi connectivity index (χ3v) is 5.49. The van der Waals surface area contributed by atoms with Crippen LogP contribution in [-0.2, 0) is 12.3 Å². The van der Waals surface area contributed by atoms with E-state index in [0.29, 0.717) is 0 Å². The smallest absolute Gasteiger partial charge is 0.120 e. The van der Waals surface area contributed by atoms with Crippen molar-refractivity contribution in [2.75, 3.05) is 0 Å². The molecular weight excluding hydrogens is 338 g/mol. The maximum atomic E-state index is 4.89. The van der Waals surface area contributed by atoms with Crippen LogP contribution < -0.4 is 0 Å². The largest absolute Gasteiger partial charge is 0.323 e.